The Morgan fingerprint density at radius 2 is 0.892 bits per heavy atom. The molecule has 0 amide bonds. The van der Waals surface area contributed by atoms with Crippen LogP contribution in [0.2, 0.25) is 0 Å². The summed E-state index contributed by atoms with van der Waals surface area (Å²) in [6.45, 7) is 33.9. The van der Waals surface area contributed by atoms with Crippen LogP contribution in [0.3, 0.4) is 0 Å². The molecular formula is C65H94. The Hall–Kier alpha value is -3.38. The van der Waals surface area contributed by atoms with Gasteiger partial charge in [-0.1, -0.05) is 232 Å². The number of unbranched alkanes of at least 4 members (excludes halogenated alkanes) is 7. The van der Waals surface area contributed by atoms with E-state index in [2.05, 4.69) is 168 Å². The number of hydrogen-bond donors (Lipinski definition) is 0. The molecule has 0 nitrogen and oxygen atoms in total. The van der Waals surface area contributed by atoms with Crippen LogP contribution >= 0.6 is 0 Å². The molecular weight excluding hydrogens is 781 g/mol. The molecule has 0 saturated heterocycles. The zero-order chi connectivity index (χ0) is 47.0. The van der Waals surface area contributed by atoms with Gasteiger partial charge in [0.25, 0.3) is 0 Å². The highest BCUT2D eigenvalue weighted by atomic mass is 14.4. The Morgan fingerprint density at radius 3 is 1.38 bits per heavy atom. The molecule has 0 heteroatoms. The average Bonchev–Trinajstić information content (AvgIpc) is 3.28. The predicted molar refractivity (Wildman–Crippen MR) is 287 cm³/mol. The summed E-state index contributed by atoms with van der Waals surface area (Å²) < 4.78 is 0. The van der Waals surface area contributed by atoms with Crippen LogP contribution in [0.1, 0.15) is 253 Å². The summed E-state index contributed by atoms with van der Waals surface area (Å²) in [6, 6.07) is 34.0. The first-order chi connectivity index (χ1) is 30.8. The van der Waals surface area contributed by atoms with Crippen molar-refractivity contribution >= 4 is 5.57 Å². The lowest BCUT2D eigenvalue weighted by Crippen LogP contribution is -2.34. The van der Waals surface area contributed by atoms with E-state index in [1.54, 1.807) is 22.3 Å². The van der Waals surface area contributed by atoms with Gasteiger partial charge in [0.1, 0.15) is 0 Å². The zero-order valence-corrected chi connectivity index (χ0v) is 44.0. The lowest BCUT2D eigenvalue weighted by Gasteiger charge is -2.42. The van der Waals surface area contributed by atoms with Crippen molar-refractivity contribution in [2.24, 2.45) is 11.8 Å². The van der Waals surface area contributed by atoms with E-state index in [1.165, 1.54) is 142 Å². The third-order valence-electron chi connectivity index (χ3n) is 17.2. The maximum atomic E-state index is 4.70. The first-order valence-corrected chi connectivity index (χ1v) is 26.9. The Labute approximate surface area is 401 Å². The second-order valence-corrected chi connectivity index (χ2v) is 24.6. The van der Waals surface area contributed by atoms with E-state index < -0.39 is 0 Å². The van der Waals surface area contributed by atoms with E-state index in [0.717, 1.165) is 31.1 Å². The fourth-order valence-corrected chi connectivity index (χ4v) is 11.9. The SMILES string of the molecule is C=C(CC(CCCCCCCCc1ccc(CC(C)c2ccc3c(c2)C(C)(C)CCC3(C)C)cc1)C(C)CCCCC)c1ccc(CC(C)c2ccc3c(c2)C(C)(C)CCC3(C)C)cc1. The van der Waals surface area contributed by atoms with Crippen molar-refractivity contribution in [1.82, 2.24) is 0 Å². The molecule has 65 heavy (non-hydrogen) atoms. The Kier molecular flexibility index (Phi) is 17.4. The normalized spacial score (nSPS) is 18.8. The monoisotopic (exact) mass is 875 g/mol. The van der Waals surface area contributed by atoms with Gasteiger partial charge in [0.05, 0.1) is 0 Å². The van der Waals surface area contributed by atoms with Crippen LogP contribution in [0, 0.1) is 11.8 Å². The lowest BCUT2D eigenvalue weighted by atomic mass is 9.62. The summed E-state index contributed by atoms with van der Waals surface area (Å²) in [7, 11) is 0. The summed E-state index contributed by atoms with van der Waals surface area (Å²) >= 11 is 0. The van der Waals surface area contributed by atoms with Gasteiger partial charge in [0, 0.05) is 0 Å². The third-order valence-corrected chi connectivity index (χ3v) is 17.2. The number of allylic oxidation sites excluding steroid dienone is 1. The summed E-state index contributed by atoms with van der Waals surface area (Å²) in [5.74, 6) is 2.49. The molecule has 0 radical (unpaired) electrons. The highest BCUT2D eigenvalue weighted by Gasteiger charge is 2.38. The van der Waals surface area contributed by atoms with E-state index in [4.69, 9.17) is 6.58 Å². The Bertz CT molecular complexity index is 2120. The number of benzene rings is 4. The van der Waals surface area contributed by atoms with Gasteiger partial charge in [-0.25, -0.2) is 0 Å². The second kappa shape index (κ2) is 22.2. The zero-order valence-electron chi connectivity index (χ0n) is 44.0. The quantitative estimate of drug-likeness (QED) is 0.0652. The lowest BCUT2D eigenvalue weighted by molar-refractivity contribution is 0.305. The van der Waals surface area contributed by atoms with Crippen molar-refractivity contribution in [3.8, 4) is 0 Å². The maximum absolute atomic E-state index is 4.70. The molecule has 6 rings (SSSR count). The van der Waals surface area contributed by atoms with Gasteiger partial charge in [0.15, 0.2) is 0 Å². The predicted octanol–water partition coefficient (Wildman–Crippen LogP) is 19.3. The standard InChI is InChI=1S/C65H94/c1-14-15-20-23-47(2)55(44-50(5)54-32-30-53(31-33-54)43-49(4)57-35-37-59-61(46-57)65(12,13)41-39-63(59,8)9)25-22-19-17-16-18-21-24-51-26-28-52(29-27-51)42-48(3)56-34-36-58-60(45-56)64(10,11)40-38-62(58,6)7/h26-37,45-49,55H,5,14-25,38-44H2,1-4,6-13H3. The van der Waals surface area contributed by atoms with Crippen molar-refractivity contribution in [3.63, 3.8) is 0 Å². The molecule has 2 aliphatic rings. The van der Waals surface area contributed by atoms with E-state index in [-0.39, 0.29) is 21.7 Å². The average molecular weight is 875 g/mol. The highest BCUT2D eigenvalue weighted by molar-refractivity contribution is 5.63. The molecule has 4 unspecified atom stereocenters. The molecule has 4 atom stereocenters. The second-order valence-electron chi connectivity index (χ2n) is 24.6. The Balaban J connectivity index is 0.919. The molecule has 0 N–H and O–H groups in total. The molecule has 0 aromatic heterocycles. The molecule has 0 spiro atoms. The van der Waals surface area contributed by atoms with Crippen molar-refractivity contribution < 1.29 is 0 Å². The summed E-state index contributed by atoms with van der Waals surface area (Å²) in [5, 5.41) is 0. The molecule has 0 fully saturated rings. The third kappa shape index (κ3) is 13.4. The minimum absolute atomic E-state index is 0.252. The fraction of sp³-hybridized carbons (Fsp3) is 0.600. The maximum Gasteiger partial charge on any atom is -0.0100 e. The van der Waals surface area contributed by atoms with E-state index >= 15 is 0 Å². The number of aryl methyl sites for hydroxylation is 1. The largest absolute Gasteiger partial charge is 0.0952 e. The van der Waals surface area contributed by atoms with Crippen LogP contribution in [0.25, 0.3) is 5.57 Å². The first-order valence-electron chi connectivity index (χ1n) is 26.9. The van der Waals surface area contributed by atoms with Gasteiger partial charge < -0.3 is 0 Å². The van der Waals surface area contributed by atoms with Gasteiger partial charge in [-0.3, -0.25) is 0 Å². The fourth-order valence-electron chi connectivity index (χ4n) is 11.9. The van der Waals surface area contributed by atoms with Crippen LogP contribution in [-0.4, -0.2) is 0 Å². The molecule has 354 valence electrons. The summed E-state index contributed by atoms with van der Waals surface area (Å²) in [5.41, 5.74) is 17.4. The van der Waals surface area contributed by atoms with Crippen LogP contribution < -0.4 is 0 Å². The van der Waals surface area contributed by atoms with Crippen LogP contribution in [0.5, 0.6) is 0 Å². The van der Waals surface area contributed by atoms with Crippen molar-refractivity contribution in [2.45, 2.75) is 239 Å². The molecule has 4 aromatic carbocycles. The first kappa shape index (κ1) is 51.0. The van der Waals surface area contributed by atoms with Crippen molar-refractivity contribution in [2.75, 3.05) is 0 Å². The molecule has 4 aromatic rings. The van der Waals surface area contributed by atoms with Crippen molar-refractivity contribution in [3.05, 3.63) is 147 Å². The molecule has 0 bridgehead atoms. The summed E-state index contributed by atoms with van der Waals surface area (Å²) in [6.07, 6.45) is 24.4. The molecule has 0 heterocycles. The van der Waals surface area contributed by atoms with Crippen molar-refractivity contribution in [1.29, 1.82) is 0 Å². The van der Waals surface area contributed by atoms with Crippen LogP contribution in [0.15, 0.2) is 91.5 Å². The number of fused-ring (bicyclic) bond motifs is 2. The van der Waals surface area contributed by atoms with Crippen LogP contribution in [-0.2, 0) is 40.9 Å². The Morgan fingerprint density at radius 1 is 0.477 bits per heavy atom. The van der Waals surface area contributed by atoms with Crippen LogP contribution in [0.4, 0.5) is 0 Å². The number of rotatable bonds is 23. The van der Waals surface area contributed by atoms with E-state index in [1.807, 2.05) is 0 Å². The van der Waals surface area contributed by atoms with Gasteiger partial charge in [-0.15, -0.1) is 0 Å². The molecule has 0 saturated carbocycles. The van der Waals surface area contributed by atoms with Gasteiger partial charge in [0.2, 0.25) is 0 Å². The van der Waals surface area contributed by atoms with Gasteiger partial charge in [-0.2, -0.15) is 0 Å². The smallest absolute Gasteiger partial charge is 0.0100 e. The minimum Gasteiger partial charge on any atom is -0.0952 e. The number of hydrogen-bond acceptors (Lipinski definition) is 0. The van der Waals surface area contributed by atoms with E-state index in [9.17, 15) is 0 Å². The van der Waals surface area contributed by atoms with E-state index in [0.29, 0.717) is 11.8 Å². The molecule has 0 aliphatic heterocycles. The van der Waals surface area contributed by atoms with Gasteiger partial charge in [-0.05, 0) is 171 Å². The van der Waals surface area contributed by atoms with Gasteiger partial charge >= 0.3 is 0 Å². The highest BCUT2D eigenvalue weighted by Crippen LogP contribution is 2.48. The topological polar surface area (TPSA) is 0 Å². The summed E-state index contributed by atoms with van der Waals surface area (Å²) in [4.78, 5) is 0. The minimum atomic E-state index is 0.252. The molecule has 2 aliphatic carbocycles.